The van der Waals surface area contributed by atoms with Gasteiger partial charge in [0.1, 0.15) is 5.75 Å². The number of hydrogen-bond donors (Lipinski definition) is 2. The number of nitrogens with one attached hydrogen (secondary N) is 2. The first-order valence-corrected chi connectivity index (χ1v) is 6.83. The zero-order valence-corrected chi connectivity index (χ0v) is 12.2. The summed E-state index contributed by atoms with van der Waals surface area (Å²) in [7, 11) is 1.63. The molecule has 110 valence electrons. The van der Waals surface area contributed by atoms with Crippen LogP contribution in [-0.4, -0.2) is 24.5 Å². The summed E-state index contributed by atoms with van der Waals surface area (Å²) in [5.41, 5.74) is 2.35. The molecule has 0 fully saturated rings. The molecule has 0 saturated carbocycles. The quantitative estimate of drug-likeness (QED) is 0.855. The third kappa shape index (κ3) is 3.95. The van der Waals surface area contributed by atoms with Crippen molar-refractivity contribution in [2.24, 2.45) is 0 Å². The van der Waals surface area contributed by atoms with Crippen LogP contribution in [0.3, 0.4) is 0 Å². The van der Waals surface area contributed by atoms with E-state index in [0.29, 0.717) is 12.1 Å². The van der Waals surface area contributed by atoms with E-state index >= 15 is 0 Å². The van der Waals surface area contributed by atoms with Crippen LogP contribution in [0.2, 0.25) is 0 Å². The number of pyridine rings is 1. The number of hydrogen-bond acceptors (Lipinski definition) is 4. The molecule has 5 nitrogen and oxygen atoms in total. The Balaban J connectivity index is 2.01. The van der Waals surface area contributed by atoms with Gasteiger partial charge in [0.25, 0.3) is 5.91 Å². The van der Waals surface area contributed by atoms with Crippen molar-refractivity contribution in [1.29, 1.82) is 0 Å². The zero-order valence-electron chi connectivity index (χ0n) is 12.2. The van der Waals surface area contributed by atoms with Crippen molar-refractivity contribution in [1.82, 2.24) is 10.3 Å². The molecule has 0 radical (unpaired) electrons. The molecule has 0 saturated heterocycles. The van der Waals surface area contributed by atoms with Gasteiger partial charge in [0.05, 0.1) is 18.4 Å². The van der Waals surface area contributed by atoms with E-state index in [2.05, 4.69) is 15.6 Å². The topological polar surface area (TPSA) is 63.2 Å². The molecule has 1 aromatic heterocycles. The smallest absolute Gasteiger partial charge is 0.255 e. The Hall–Kier alpha value is -2.56. The van der Waals surface area contributed by atoms with Crippen LogP contribution in [0.5, 0.6) is 5.75 Å². The third-order valence-corrected chi connectivity index (χ3v) is 3.05. The molecule has 0 aliphatic carbocycles. The number of carbonyl (C=O) groups is 1. The van der Waals surface area contributed by atoms with Gasteiger partial charge in [-0.3, -0.25) is 9.78 Å². The third-order valence-electron chi connectivity index (χ3n) is 3.05. The van der Waals surface area contributed by atoms with Gasteiger partial charge in [-0.1, -0.05) is 12.1 Å². The van der Waals surface area contributed by atoms with Crippen LogP contribution < -0.4 is 15.4 Å². The Morgan fingerprint density at radius 2 is 2.00 bits per heavy atom. The Kier molecular flexibility index (Phi) is 5.15. The Labute approximate surface area is 124 Å². The second kappa shape index (κ2) is 7.28. The molecule has 2 N–H and O–H groups in total. The molecule has 21 heavy (non-hydrogen) atoms. The lowest BCUT2D eigenvalue weighted by Gasteiger charge is -2.10. The molecule has 0 atom stereocenters. The summed E-state index contributed by atoms with van der Waals surface area (Å²) in [4.78, 5) is 16.2. The van der Waals surface area contributed by atoms with Crippen LogP contribution in [0, 0.1) is 0 Å². The zero-order chi connectivity index (χ0) is 15.1. The number of amides is 1. The SMILES string of the molecule is CCNc1ccncc1C(=O)NCc1ccc(OC)cc1. The lowest BCUT2D eigenvalue weighted by Crippen LogP contribution is -2.24. The summed E-state index contributed by atoms with van der Waals surface area (Å²) in [6.45, 7) is 3.20. The van der Waals surface area contributed by atoms with Gasteiger partial charge in [0.2, 0.25) is 0 Å². The van der Waals surface area contributed by atoms with Crippen molar-refractivity contribution in [2.75, 3.05) is 19.0 Å². The maximum absolute atomic E-state index is 12.2. The van der Waals surface area contributed by atoms with Crippen molar-refractivity contribution >= 4 is 11.6 Å². The van der Waals surface area contributed by atoms with E-state index in [1.807, 2.05) is 31.2 Å². The Morgan fingerprint density at radius 3 is 2.67 bits per heavy atom. The van der Waals surface area contributed by atoms with E-state index in [9.17, 15) is 4.79 Å². The monoisotopic (exact) mass is 285 g/mol. The fourth-order valence-electron chi connectivity index (χ4n) is 1.94. The van der Waals surface area contributed by atoms with Crippen LogP contribution in [0.1, 0.15) is 22.8 Å². The number of aromatic nitrogens is 1. The predicted octanol–water partition coefficient (Wildman–Crippen LogP) is 2.45. The summed E-state index contributed by atoms with van der Waals surface area (Å²) in [5.74, 6) is 0.654. The maximum atomic E-state index is 12.2. The van der Waals surface area contributed by atoms with Crippen LogP contribution >= 0.6 is 0 Å². The lowest BCUT2D eigenvalue weighted by molar-refractivity contribution is 0.0951. The van der Waals surface area contributed by atoms with Crippen LogP contribution in [0.15, 0.2) is 42.7 Å². The number of ether oxygens (including phenoxy) is 1. The molecule has 0 unspecified atom stereocenters. The molecule has 0 aliphatic rings. The largest absolute Gasteiger partial charge is 0.497 e. The predicted molar refractivity (Wildman–Crippen MR) is 82.6 cm³/mol. The van der Waals surface area contributed by atoms with E-state index < -0.39 is 0 Å². The van der Waals surface area contributed by atoms with Crippen LogP contribution in [0.25, 0.3) is 0 Å². The molecule has 5 heteroatoms. The molecular weight excluding hydrogens is 266 g/mol. The second-order valence-corrected chi connectivity index (χ2v) is 4.48. The summed E-state index contributed by atoms with van der Waals surface area (Å²) in [6, 6.07) is 9.39. The first kappa shape index (κ1) is 14.8. The molecule has 0 aliphatic heterocycles. The average molecular weight is 285 g/mol. The fraction of sp³-hybridized carbons (Fsp3) is 0.250. The summed E-state index contributed by atoms with van der Waals surface area (Å²) in [5, 5.41) is 6.04. The van der Waals surface area contributed by atoms with Crippen molar-refractivity contribution in [3.63, 3.8) is 0 Å². The molecule has 1 heterocycles. The van der Waals surface area contributed by atoms with Gasteiger partial charge in [0, 0.05) is 25.5 Å². The van der Waals surface area contributed by atoms with E-state index in [0.717, 1.165) is 23.5 Å². The van der Waals surface area contributed by atoms with Gasteiger partial charge in [-0.25, -0.2) is 0 Å². The molecule has 1 amide bonds. The Morgan fingerprint density at radius 1 is 1.24 bits per heavy atom. The van der Waals surface area contributed by atoms with Crippen molar-refractivity contribution in [3.8, 4) is 5.75 Å². The number of methoxy groups -OCH3 is 1. The number of nitrogens with zero attached hydrogens (tertiary/aromatic N) is 1. The summed E-state index contributed by atoms with van der Waals surface area (Å²) < 4.78 is 5.10. The Bertz CT molecular complexity index is 597. The molecule has 0 spiro atoms. The highest BCUT2D eigenvalue weighted by molar-refractivity contribution is 5.99. The van der Waals surface area contributed by atoms with Crippen LogP contribution in [0.4, 0.5) is 5.69 Å². The van der Waals surface area contributed by atoms with Crippen molar-refractivity contribution < 1.29 is 9.53 Å². The number of anilines is 1. The first-order valence-electron chi connectivity index (χ1n) is 6.83. The maximum Gasteiger partial charge on any atom is 0.255 e. The minimum atomic E-state index is -0.144. The standard InChI is InChI=1S/C16H19N3O2/c1-3-18-15-8-9-17-11-14(15)16(20)19-10-12-4-6-13(21-2)7-5-12/h4-9,11H,3,10H2,1-2H3,(H,17,18)(H,19,20). The molecular formula is C16H19N3O2. The summed E-state index contributed by atoms with van der Waals surface area (Å²) in [6.07, 6.45) is 3.24. The van der Waals surface area contributed by atoms with Crippen molar-refractivity contribution in [3.05, 3.63) is 53.9 Å². The normalized spacial score (nSPS) is 10.0. The van der Waals surface area contributed by atoms with E-state index in [1.54, 1.807) is 25.6 Å². The van der Waals surface area contributed by atoms with E-state index in [-0.39, 0.29) is 5.91 Å². The van der Waals surface area contributed by atoms with Crippen molar-refractivity contribution in [2.45, 2.75) is 13.5 Å². The van der Waals surface area contributed by atoms with Gasteiger partial charge in [-0.2, -0.15) is 0 Å². The second-order valence-electron chi connectivity index (χ2n) is 4.48. The minimum Gasteiger partial charge on any atom is -0.497 e. The molecule has 2 aromatic rings. The molecule has 2 rings (SSSR count). The minimum absolute atomic E-state index is 0.144. The van der Waals surface area contributed by atoms with Gasteiger partial charge in [0.15, 0.2) is 0 Å². The van der Waals surface area contributed by atoms with E-state index in [1.165, 1.54) is 0 Å². The first-order chi connectivity index (χ1) is 10.2. The van der Waals surface area contributed by atoms with Crippen LogP contribution in [-0.2, 0) is 6.54 Å². The highest BCUT2D eigenvalue weighted by Crippen LogP contribution is 2.14. The highest BCUT2D eigenvalue weighted by atomic mass is 16.5. The number of rotatable bonds is 6. The van der Waals surface area contributed by atoms with Gasteiger partial charge in [-0.05, 0) is 30.7 Å². The molecule has 1 aromatic carbocycles. The highest BCUT2D eigenvalue weighted by Gasteiger charge is 2.10. The van der Waals surface area contributed by atoms with Gasteiger partial charge >= 0.3 is 0 Å². The fourth-order valence-corrected chi connectivity index (χ4v) is 1.94. The summed E-state index contributed by atoms with van der Waals surface area (Å²) >= 11 is 0. The average Bonchev–Trinajstić information content (AvgIpc) is 2.54. The van der Waals surface area contributed by atoms with Gasteiger partial charge in [-0.15, -0.1) is 0 Å². The lowest BCUT2D eigenvalue weighted by atomic mass is 10.2. The molecule has 0 bridgehead atoms. The number of benzene rings is 1. The van der Waals surface area contributed by atoms with Gasteiger partial charge < -0.3 is 15.4 Å². The number of carbonyl (C=O) groups excluding carboxylic acids is 1. The van der Waals surface area contributed by atoms with E-state index in [4.69, 9.17) is 4.74 Å².